The van der Waals surface area contributed by atoms with Crippen molar-refractivity contribution in [3.05, 3.63) is 29.8 Å². The Kier molecular flexibility index (Phi) is 7.53. The molecule has 3 N–H and O–H groups in total. The zero-order chi connectivity index (χ0) is 19.8. The van der Waals surface area contributed by atoms with Crippen LogP contribution in [0.2, 0.25) is 0 Å². The topological polar surface area (TPSA) is 92.5 Å². The van der Waals surface area contributed by atoms with E-state index in [-0.39, 0.29) is 41.2 Å². The van der Waals surface area contributed by atoms with Crippen LogP contribution >= 0.6 is 12.4 Å². The van der Waals surface area contributed by atoms with Crippen LogP contribution in [0.25, 0.3) is 0 Å². The van der Waals surface area contributed by atoms with Gasteiger partial charge in [-0.25, -0.2) is 8.42 Å². The predicted molar refractivity (Wildman–Crippen MR) is 113 cm³/mol. The summed E-state index contributed by atoms with van der Waals surface area (Å²) in [6.45, 7) is 6.46. The standard InChI is InChI=1S/C20H31N3O3S.ClH/c1-4-23(5-2)27(25,26)17-10-8-14(9-11-17)13(3)22-20(24)18-15-6-7-16(12-15)19(18)21;/h8-11,13,15-16,18-19H,4-7,12,21H2,1-3H3,(H,22,24);1H. The van der Waals surface area contributed by atoms with Crippen molar-refractivity contribution in [3.8, 4) is 0 Å². The highest BCUT2D eigenvalue weighted by molar-refractivity contribution is 7.89. The summed E-state index contributed by atoms with van der Waals surface area (Å²) in [6, 6.07) is 6.58. The van der Waals surface area contributed by atoms with Crippen LogP contribution < -0.4 is 11.1 Å². The smallest absolute Gasteiger partial charge is 0.243 e. The lowest BCUT2D eigenvalue weighted by molar-refractivity contribution is -0.127. The van der Waals surface area contributed by atoms with Crippen LogP contribution in [-0.2, 0) is 14.8 Å². The molecule has 2 bridgehead atoms. The number of rotatable bonds is 7. The third-order valence-corrected chi connectivity index (χ3v) is 8.43. The Hall–Kier alpha value is -1.15. The van der Waals surface area contributed by atoms with Gasteiger partial charge >= 0.3 is 0 Å². The van der Waals surface area contributed by atoms with Gasteiger partial charge in [-0.15, -0.1) is 12.4 Å². The van der Waals surface area contributed by atoms with E-state index in [0.29, 0.717) is 24.9 Å². The molecule has 8 heteroatoms. The summed E-state index contributed by atoms with van der Waals surface area (Å²) >= 11 is 0. The van der Waals surface area contributed by atoms with Crippen molar-refractivity contribution in [1.29, 1.82) is 0 Å². The van der Waals surface area contributed by atoms with Crippen LogP contribution in [0.4, 0.5) is 0 Å². The number of halogens is 1. The van der Waals surface area contributed by atoms with E-state index in [4.69, 9.17) is 5.73 Å². The quantitative estimate of drug-likeness (QED) is 0.696. The minimum Gasteiger partial charge on any atom is -0.349 e. The fourth-order valence-electron chi connectivity index (χ4n) is 4.76. The molecule has 2 aliphatic carbocycles. The van der Waals surface area contributed by atoms with E-state index in [0.717, 1.165) is 24.8 Å². The molecule has 0 saturated heterocycles. The molecular formula is C20H32ClN3O3S. The molecule has 0 spiro atoms. The van der Waals surface area contributed by atoms with E-state index in [1.165, 1.54) is 4.31 Å². The minimum absolute atomic E-state index is 0. The van der Waals surface area contributed by atoms with E-state index >= 15 is 0 Å². The highest BCUT2D eigenvalue weighted by atomic mass is 35.5. The third-order valence-electron chi connectivity index (χ3n) is 6.37. The summed E-state index contributed by atoms with van der Waals surface area (Å²) in [5.41, 5.74) is 7.16. The number of nitrogens with two attached hydrogens (primary N) is 1. The van der Waals surface area contributed by atoms with Crippen molar-refractivity contribution in [2.24, 2.45) is 23.5 Å². The first-order chi connectivity index (χ1) is 12.8. The van der Waals surface area contributed by atoms with E-state index < -0.39 is 10.0 Å². The lowest BCUT2D eigenvalue weighted by Gasteiger charge is -2.28. The van der Waals surface area contributed by atoms with Crippen LogP contribution in [0.1, 0.15) is 51.6 Å². The molecule has 2 fully saturated rings. The van der Waals surface area contributed by atoms with Gasteiger partial charge in [-0.3, -0.25) is 4.79 Å². The molecule has 1 aromatic rings. The van der Waals surface area contributed by atoms with E-state index in [1.807, 2.05) is 20.8 Å². The molecule has 5 atom stereocenters. The van der Waals surface area contributed by atoms with Gasteiger partial charge in [0.05, 0.1) is 16.9 Å². The first-order valence-electron chi connectivity index (χ1n) is 9.95. The first-order valence-corrected chi connectivity index (χ1v) is 11.4. The molecule has 0 aliphatic heterocycles. The van der Waals surface area contributed by atoms with Gasteiger partial charge in [0, 0.05) is 19.1 Å². The maximum atomic E-state index is 12.7. The molecule has 158 valence electrons. The fourth-order valence-corrected chi connectivity index (χ4v) is 6.22. The summed E-state index contributed by atoms with van der Waals surface area (Å²) < 4.78 is 26.6. The molecule has 5 unspecified atom stereocenters. The normalized spacial score (nSPS) is 27.5. The van der Waals surface area contributed by atoms with Crippen molar-refractivity contribution in [2.45, 2.75) is 57.0 Å². The second-order valence-electron chi connectivity index (χ2n) is 7.82. The highest BCUT2D eigenvalue weighted by Crippen LogP contribution is 2.47. The summed E-state index contributed by atoms with van der Waals surface area (Å²) in [7, 11) is -3.46. The van der Waals surface area contributed by atoms with Crippen LogP contribution in [0.3, 0.4) is 0 Å². The van der Waals surface area contributed by atoms with Crippen LogP contribution in [-0.4, -0.2) is 37.8 Å². The number of carbonyl (C=O) groups excluding carboxylic acids is 1. The van der Waals surface area contributed by atoms with Gasteiger partial charge in [0.15, 0.2) is 0 Å². The molecule has 2 aliphatic rings. The van der Waals surface area contributed by atoms with Crippen molar-refractivity contribution in [3.63, 3.8) is 0 Å². The maximum absolute atomic E-state index is 12.7. The van der Waals surface area contributed by atoms with Gasteiger partial charge in [-0.05, 0) is 55.7 Å². The van der Waals surface area contributed by atoms with Gasteiger partial charge in [0.2, 0.25) is 15.9 Å². The maximum Gasteiger partial charge on any atom is 0.243 e. The van der Waals surface area contributed by atoms with E-state index in [1.54, 1.807) is 24.3 Å². The van der Waals surface area contributed by atoms with Gasteiger partial charge in [-0.2, -0.15) is 4.31 Å². The second kappa shape index (κ2) is 9.11. The summed E-state index contributed by atoms with van der Waals surface area (Å²) in [6.07, 6.45) is 3.32. The molecule has 0 aromatic heterocycles. The second-order valence-corrected chi connectivity index (χ2v) is 9.76. The van der Waals surface area contributed by atoms with Crippen LogP contribution in [0, 0.1) is 17.8 Å². The Balaban J connectivity index is 0.00000280. The third kappa shape index (κ3) is 4.22. The monoisotopic (exact) mass is 429 g/mol. The minimum atomic E-state index is -3.46. The molecule has 28 heavy (non-hydrogen) atoms. The summed E-state index contributed by atoms with van der Waals surface area (Å²) in [5, 5.41) is 3.08. The van der Waals surface area contributed by atoms with Gasteiger partial charge in [0.1, 0.15) is 0 Å². The van der Waals surface area contributed by atoms with Crippen LogP contribution in [0.5, 0.6) is 0 Å². The summed E-state index contributed by atoms with van der Waals surface area (Å²) in [5.74, 6) is 0.847. The Labute approximate surface area is 174 Å². The number of carbonyl (C=O) groups is 1. The average Bonchev–Trinajstić information content (AvgIpc) is 3.23. The number of amides is 1. The predicted octanol–water partition coefficient (Wildman–Crippen LogP) is 2.69. The van der Waals surface area contributed by atoms with Gasteiger partial charge < -0.3 is 11.1 Å². The molecule has 1 aromatic carbocycles. The van der Waals surface area contributed by atoms with Gasteiger partial charge in [-0.1, -0.05) is 26.0 Å². The molecular weight excluding hydrogens is 398 g/mol. The highest BCUT2D eigenvalue weighted by Gasteiger charge is 2.49. The van der Waals surface area contributed by atoms with Crippen molar-refractivity contribution in [2.75, 3.05) is 13.1 Å². The number of nitrogens with zero attached hydrogens (tertiary/aromatic N) is 1. The number of nitrogens with one attached hydrogen (secondary N) is 1. The fraction of sp³-hybridized carbons (Fsp3) is 0.650. The average molecular weight is 430 g/mol. The largest absolute Gasteiger partial charge is 0.349 e. The van der Waals surface area contributed by atoms with E-state index in [9.17, 15) is 13.2 Å². The molecule has 0 heterocycles. The number of hydrogen-bond donors (Lipinski definition) is 2. The molecule has 6 nitrogen and oxygen atoms in total. The van der Waals surface area contributed by atoms with Gasteiger partial charge in [0.25, 0.3) is 0 Å². The van der Waals surface area contributed by atoms with Crippen LogP contribution in [0.15, 0.2) is 29.2 Å². The SMILES string of the molecule is CCN(CC)S(=O)(=O)c1ccc(C(C)NC(=O)C2C3CCC(C3)C2N)cc1.Cl. The summed E-state index contributed by atoms with van der Waals surface area (Å²) in [4.78, 5) is 13.0. The van der Waals surface area contributed by atoms with E-state index in [2.05, 4.69) is 5.32 Å². The molecule has 2 saturated carbocycles. The Morgan fingerprint density at radius 1 is 1.18 bits per heavy atom. The Morgan fingerprint density at radius 2 is 1.75 bits per heavy atom. The Bertz CT molecular complexity index is 778. The number of benzene rings is 1. The lowest BCUT2D eigenvalue weighted by Crippen LogP contribution is -2.45. The van der Waals surface area contributed by atoms with Crippen molar-refractivity contribution >= 4 is 28.3 Å². The number of sulfonamides is 1. The van der Waals surface area contributed by atoms with Crippen molar-refractivity contribution in [1.82, 2.24) is 9.62 Å². The molecule has 3 rings (SSSR count). The number of hydrogen-bond acceptors (Lipinski definition) is 4. The number of fused-ring (bicyclic) bond motifs is 2. The van der Waals surface area contributed by atoms with Crippen molar-refractivity contribution < 1.29 is 13.2 Å². The zero-order valence-corrected chi connectivity index (χ0v) is 18.4. The molecule has 1 amide bonds. The molecule has 0 radical (unpaired) electrons. The Morgan fingerprint density at radius 3 is 2.25 bits per heavy atom. The zero-order valence-electron chi connectivity index (χ0n) is 16.8. The lowest BCUT2D eigenvalue weighted by atomic mass is 9.84. The first kappa shape index (κ1) is 23.1.